The summed E-state index contributed by atoms with van der Waals surface area (Å²) in [5.74, 6) is 0.253. The summed E-state index contributed by atoms with van der Waals surface area (Å²) in [4.78, 5) is 14.5. The summed E-state index contributed by atoms with van der Waals surface area (Å²) in [5, 5.41) is 0. The Labute approximate surface area is 127 Å². The molecule has 0 saturated carbocycles. The van der Waals surface area contributed by atoms with Crippen LogP contribution in [0.5, 0.6) is 0 Å². The highest BCUT2D eigenvalue weighted by Gasteiger charge is 2.34. The molecule has 114 valence electrons. The third-order valence-electron chi connectivity index (χ3n) is 5.17. The molecule has 1 aromatic rings. The van der Waals surface area contributed by atoms with Gasteiger partial charge in [0.1, 0.15) is 0 Å². The molecule has 1 amide bonds. The van der Waals surface area contributed by atoms with E-state index in [2.05, 4.69) is 25.1 Å². The molecule has 3 heteroatoms. The highest BCUT2D eigenvalue weighted by atomic mass is 16.2. The molecule has 1 fully saturated rings. The molecule has 0 spiro atoms. The van der Waals surface area contributed by atoms with E-state index in [1.54, 1.807) is 0 Å². The summed E-state index contributed by atoms with van der Waals surface area (Å²) in [5.41, 5.74) is 10.0. The first-order valence-corrected chi connectivity index (χ1v) is 8.18. The zero-order valence-electron chi connectivity index (χ0n) is 13.0. The molecule has 3 rings (SSSR count). The van der Waals surface area contributed by atoms with E-state index in [1.165, 1.54) is 42.4 Å². The highest BCUT2D eigenvalue weighted by molar-refractivity contribution is 5.79. The van der Waals surface area contributed by atoms with Gasteiger partial charge in [0.15, 0.2) is 0 Å². The molecule has 0 aromatic heterocycles. The number of nitrogens with two attached hydrogens (primary N) is 1. The number of carbonyl (C=O) groups is 1. The minimum absolute atomic E-state index is 0.117. The molecule has 1 saturated heterocycles. The van der Waals surface area contributed by atoms with Crippen LogP contribution in [0.25, 0.3) is 0 Å². The number of aryl methyl sites for hydroxylation is 2. The van der Waals surface area contributed by atoms with Gasteiger partial charge in [0.2, 0.25) is 5.91 Å². The fourth-order valence-corrected chi connectivity index (χ4v) is 3.59. The highest BCUT2D eigenvalue weighted by Crippen LogP contribution is 2.29. The predicted octanol–water partition coefficient (Wildman–Crippen LogP) is 2.31. The van der Waals surface area contributed by atoms with Gasteiger partial charge >= 0.3 is 0 Å². The fourth-order valence-electron chi connectivity index (χ4n) is 3.59. The van der Waals surface area contributed by atoms with Gasteiger partial charge in [0.05, 0.1) is 6.42 Å². The largest absolute Gasteiger partial charge is 0.342 e. The number of likely N-dealkylation sites (tertiary alicyclic amines) is 1. The Morgan fingerprint density at radius 2 is 2.05 bits per heavy atom. The second-order valence-electron chi connectivity index (χ2n) is 7.07. The summed E-state index contributed by atoms with van der Waals surface area (Å²) < 4.78 is 0. The average molecular weight is 286 g/mol. The number of hydrogen-bond acceptors (Lipinski definition) is 2. The van der Waals surface area contributed by atoms with Crippen LogP contribution in [-0.2, 0) is 24.1 Å². The van der Waals surface area contributed by atoms with Crippen LogP contribution in [0.2, 0.25) is 0 Å². The van der Waals surface area contributed by atoms with E-state index in [1.807, 2.05) is 4.90 Å². The first-order valence-electron chi connectivity index (χ1n) is 8.18. The molecule has 0 bridgehead atoms. The first kappa shape index (κ1) is 14.6. The lowest BCUT2D eigenvalue weighted by Crippen LogP contribution is -2.35. The number of benzene rings is 1. The second-order valence-corrected chi connectivity index (χ2v) is 7.07. The number of carbonyl (C=O) groups excluding carboxylic acids is 1. The van der Waals surface area contributed by atoms with Gasteiger partial charge in [-0.25, -0.2) is 0 Å². The van der Waals surface area contributed by atoms with E-state index in [0.717, 1.165) is 19.5 Å². The molecule has 1 heterocycles. The maximum absolute atomic E-state index is 12.5. The molecule has 2 aliphatic rings. The molecule has 1 atom stereocenters. The van der Waals surface area contributed by atoms with Gasteiger partial charge < -0.3 is 10.6 Å². The van der Waals surface area contributed by atoms with Gasteiger partial charge in [-0.2, -0.15) is 0 Å². The molecule has 2 N–H and O–H groups in total. The van der Waals surface area contributed by atoms with Crippen molar-refractivity contribution in [1.82, 2.24) is 4.90 Å². The second kappa shape index (κ2) is 5.80. The van der Waals surface area contributed by atoms with Crippen molar-refractivity contribution in [3.63, 3.8) is 0 Å². The maximum Gasteiger partial charge on any atom is 0.227 e. The summed E-state index contributed by atoms with van der Waals surface area (Å²) in [6.07, 6.45) is 6.52. The number of hydrogen-bond donors (Lipinski definition) is 1. The van der Waals surface area contributed by atoms with Gasteiger partial charge in [-0.15, -0.1) is 0 Å². The van der Waals surface area contributed by atoms with Crippen LogP contribution in [0, 0.1) is 5.41 Å². The van der Waals surface area contributed by atoms with E-state index >= 15 is 0 Å². The summed E-state index contributed by atoms with van der Waals surface area (Å²) in [7, 11) is 0. The average Bonchev–Trinajstić information content (AvgIpc) is 2.91. The minimum atomic E-state index is 0.117. The lowest BCUT2D eigenvalue weighted by Gasteiger charge is -2.23. The quantitative estimate of drug-likeness (QED) is 0.927. The smallest absolute Gasteiger partial charge is 0.227 e. The normalized spacial score (nSPS) is 25.0. The van der Waals surface area contributed by atoms with E-state index in [4.69, 9.17) is 5.73 Å². The van der Waals surface area contributed by atoms with Crippen LogP contribution < -0.4 is 5.73 Å². The number of rotatable bonds is 3. The first-order chi connectivity index (χ1) is 10.1. The van der Waals surface area contributed by atoms with E-state index in [-0.39, 0.29) is 11.3 Å². The Morgan fingerprint density at radius 1 is 1.29 bits per heavy atom. The van der Waals surface area contributed by atoms with Crippen molar-refractivity contribution >= 4 is 5.91 Å². The maximum atomic E-state index is 12.5. The van der Waals surface area contributed by atoms with Gasteiger partial charge in [0.25, 0.3) is 0 Å². The molecular formula is C18H26N2O. The van der Waals surface area contributed by atoms with Crippen LogP contribution in [0.1, 0.15) is 42.9 Å². The van der Waals surface area contributed by atoms with Gasteiger partial charge in [-0.1, -0.05) is 25.1 Å². The number of fused-ring (bicyclic) bond motifs is 1. The monoisotopic (exact) mass is 286 g/mol. The van der Waals surface area contributed by atoms with Crippen molar-refractivity contribution in [2.24, 2.45) is 11.1 Å². The van der Waals surface area contributed by atoms with Gasteiger partial charge in [-0.05, 0) is 60.8 Å². The van der Waals surface area contributed by atoms with Crippen LogP contribution >= 0.6 is 0 Å². The minimum Gasteiger partial charge on any atom is -0.342 e. The zero-order chi connectivity index (χ0) is 14.9. The Hall–Kier alpha value is -1.35. The molecule has 1 aliphatic heterocycles. The molecule has 0 radical (unpaired) electrons. The van der Waals surface area contributed by atoms with E-state index < -0.39 is 0 Å². The van der Waals surface area contributed by atoms with Crippen LogP contribution in [0.4, 0.5) is 0 Å². The van der Waals surface area contributed by atoms with Crippen molar-refractivity contribution in [2.75, 3.05) is 19.6 Å². The third kappa shape index (κ3) is 3.13. The summed E-state index contributed by atoms with van der Waals surface area (Å²) in [6, 6.07) is 6.62. The predicted molar refractivity (Wildman–Crippen MR) is 85.1 cm³/mol. The SMILES string of the molecule is CC1(CN)CCN(C(=O)Cc2ccc3c(c2)CCCC3)C1. The number of nitrogens with zero attached hydrogens (tertiary/aromatic N) is 1. The Kier molecular flexibility index (Phi) is 4.03. The van der Waals surface area contributed by atoms with E-state index in [0.29, 0.717) is 13.0 Å². The zero-order valence-corrected chi connectivity index (χ0v) is 13.0. The lowest BCUT2D eigenvalue weighted by atomic mass is 9.89. The standard InChI is InChI=1S/C18H26N2O/c1-18(12-19)8-9-20(13-18)17(21)11-14-6-7-15-4-2-3-5-16(15)10-14/h6-7,10H,2-5,8-9,11-13,19H2,1H3. The molecule has 1 aromatic carbocycles. The van der Waals surface area contributed by atoms with Gasteiger partial charge in [0, 0.05) is 13.1 Å². The lowest BCUT2D eigenvalue weighted by molar-refractivity contribution is -0.129. The van der Waals surface area contributed by atoms with Crippen LogP contribution in [0.15, 0.2) is 18.2 Å². The molecule has 1 unspecified atom stereocenters. The molecule has 21 heavy (non-hydrogen) atoms. The molecule has 3 nitrogen and oxygen atoms in total. The summed E-state index contributed by atoms with van der Waals surface area (Å²) >= 11 is 0. The molecular weight excluding hydrogens is 260 g/mol. The Bertz CT molecular complexity index is 540. The fraction of sp³-hybridized carbons (Fsp3) is 0.611. The molecule has 1 aliphatic carbocycles. The Morgan fingerprint density at radius 3 is 2.76 bits per heavy atom. The van der Waals surface area contributed by atoms with Crippen molar-refractivity contribution in [1.29, 1.82) is 0 Å². The summed E-state index contributed by atoms with van der Waals surface area (Å²) in [6.45, 7) is 4.51. The van der Waals surface area contributed by atoms with Crippen molar-refractivity contribution in [2.45, 2.75) is 45.4 Å². The Balaban J connectivity index is 1.65. The number of amides is 1. The van der Waals surface area contributed by atoms with Crippen LogP contribution in [0.3, 0.4) is 0 Å². The van der Waals surface area contributed by atoms with Crippen molar-refractivity contribution in [3.8, 4) is 0 Å². The van der Waals surface area contributed by atoms with Crippen LogP contribution in [-0.4, -0.2) is 30.4 Å². The topological polar surface area (TPSA) is 46.3 Å². The van der Waals surface area contributed by atoms with Gasteiger partial charge in [-0.3, -0.25) is 4.79 Å². The van der Waals surface area contributed by atoms with Crippen molar-refractivity contribution < 1.29 is 4.79 Å². The van der Waals surface area contributed by atoms with E-state index in [9.17, 15) is 4.79 Å². The third-order valence-corrected chi connectivity index (χ3v) is 5.17. The van der Waals surface area contributed by atoms with Crippen molar-refractivity contribution in [3.05, 3.63) is 34.9 Å².